The number of amides is 1. The summed E-state index contributed by atoms with van der Waals surface area (Å²) in [5, 5.41) is 13.6. The van der Waals surface area contributed by atoms with E-state index < -0.39 is 4.92 Å². The number of fused-ring (bicyclic) bond motifs is 1. The Bertz CT molecular complexity index is 862. The predicted molar refractivity (Wildman–Crippen MR) is 93.1 cm³/mol. The van der Waals surface area contributed by atoms with Crippen LogP contribution in [0.15, 0.2) is 47.5 Å². The number of nitro benzene ring substituents is 1. The number of hydrogen-bond donors (Lipinski definition) is 1. The van der Waals surface area contributed by atoms with Gasteiger partial charge in [-0.2, -0.15) is 0 Å². The van der Waals surface area contributed by atoms with Crippen LogP contribution in [0.25, 0.3) is 0 Å². The van der Waals surface area contributed by atoms with E-state index in [0.717, 1.165) is 0 Å². The van der Waals surface area contributed by atoms with Crippen molar-refractivity contribution in [3.8, 4) is 0 Å². The first kappa shape index (κ1) is 15.9. The van der Waals surface area contributed by atoms with E-state index in [0.29, 0.717) is 16.9 Å². The van der Waals surface area contributed by atoms with Crippen molar-refractivity contribution in [3.63, 3.8) is 0 Å². The number of benzene rings is 2. The Morgan fingerprint density at radius 1 is 1.08 bits per heavy atom. The summed E-state index contributed by atoms with van der Waals surface area (Å²) < 4.78 is 0. The Labute approximate surface area is 139 Å². The minimum atomic E-state index is -0.487. The zero-order chi connectivity index (χ0) is 17.5. The number of rotatable bonds is 2. The van der Waals surface area contributed by atoms with Crippen LogP contribution in [0.4, 0.5) is 17.1 Å². The van der Waals surface area contributed by atoms with Crippen LogP contribution in [0, 0.1) is 10.1 Å². The summed E-state index contributed by atoms with van der Waals surface area (Å²) in [4.78, 5) is 27.0. The first-order valence-corrected chi connectivity index (χ1v) is 7.55. The average Bonchev–Trinajstić information content (AvgIpc) is 2.82. The molecule has 0 fully saturated rings. The number of non-ortho nitro benzene ring substituents is 1. The summed E-state index contributed by atoms with van der Waals surface area (Å²) >= 11 is 0. The van der Waals surface area contributed by atoms with Crippen molar-refractivity contribution in [2.45, 2.75) is 26.2 Å². The number of hydrogen-bond acceptors (Lipinski definition) is 4. The summed E-state index contributed by atoms with van der Waals surface area (Å²) in [7, 11) is 0. The highest BCUT2D eigenvalue weighted by Crippen LogP contribution is 2.30. The van der Waals surface area contributed by atoms with E-state index in [1.165, 1.54) is 23.8 Å². The molecule has 3 rings (SSSR count). The van der Waals surface area contributed by atoms with E-state index in [1.54, 1.807) is 0 Å². The van der Waals surface area contributed by atoms with Crippen LogP contribution < -0.4 is 5.32 Å². The standard InChI is InChI=1S/C18H17N3O3/c1-18(2,3)11-4-6-12(7-5-11)19-16-14-10-13(21(23)24)8-9-15(14)20-17(16)22/h4-10H,1-3H3,(H,19,20,22). The zero-order valence-corrected chi connectivity index (χ0v) is 13.7. The predicted octanol–water partition coefficient (Wildman–Crippen LogP) is 3.97. The Morgan fingerprint density at radius 3 is 2.33 bits per heavy atom. The van der Waals surface area contributed by atoms with Crippen LogP contribution >= 0.6 is 0 Å². The number of nitrogens with one attached hydrogen (secondary N) is 1. The second kappa shape index (κ2) is 5.56. The molecule has 0 saturated carbocycles. The number of nitro groups is 1. The summed E-state index contributed by atoms with van der Waals surface area (Å²) in [6.45, 7) is 6.36. The molecule has 0 radical (unpaired) electrons. The van der Waals surface area contributed by atoms with Gasteiger partial charge in [-0.15, -0.1) is 0 Å². The summed E-state index contributed by atoms with van der Waals surface area (Å²) in [5.74, 6) is -0.356. The Balaban J connectivity index is 2.01. The molecule has 0 aliphatic carbocycles. The van der Waals surface area contributed by atoms with E-state index in [9.17, 15) is 14.9 Å². The third-order valence-corrected chi connectivity index (χ3v) is 3.91. The number of anilines is 1. The molecule has 6 heteroatoms. The lowest BCUT2D eigenvalue weighted by Gasteiger charge is -2.18. The first-order valence-electron chi connectivity index (χ1n) is 7.55. The van der Waals surface area contributed by atoms with Crippen molar-refractivity contribution in [2.75, 3.05) is 5.32 Å². The molecule has 6 nitrogen and oxygen atoms in total. The molecule has 24 heavy (non-hydrogen) atoms. The number of carbonyl (C=O) groups excluding carboxylic acids is 1. The van der Waals surface area contributed by atoms with Crippen molar-refractivity contribution in [3.05, 3.63) is 63.7 Å². The van der Waals surface area contributed by atoms with Gasteiger partial charge in [0.15, 0.2) is 0 Å². The SMILES string of the molecule is CC(C)(C)c1ccc(N=C2C(=O)Nc3ccc([N+](=O)[O-])cc32)cc1. The van der Waals surface area contributed by atoms with Gasteiger partial charge in [-0.25, -0.2) is 4.99 Å². The number of nitrogens with zero attached hydrogens (tertiary/aromatic N) is 2. The summed E-state index contributed by atoms with van der Waals surface area (Å²) in [6, 6.07) is 11.9. The zero-order valence-electron chi connectivity index (χ0n) is 13.7. The number of aliphatic imine (C=N–C) groups is 1. The lowest BCUT2D eigenvalue weighted by atomic mass is 9.87. The molecule has 1 heterocycles. The van der Waals surface area contributed by atoms with Crippen molar-refractivity contribution >= 4 is 28.7 Å². The molecule has 1 amide bonds. The second-order valence-electron chi connectivity index (χ2n) is 6.70. The fourth-order valence-electron chi connectivity index (χ4n) is 2.53. The Kier molecular flexibility index (Phi) is 3.67. The molecule has 1 aliphatic heterocycles. The molecule has 0 spiro atoms. The Morgan fingerprint density at radius 2 is 1.75 bits per heavy atom. The molecule has 2 aromatic rings. The molecule has 1 N–H and O–H groups in total. The third kappa shape index (κ3) is 2.90. The molecule has 122 valence electrons. The highest BCUT2D eigenvalue weighted by Gasteiger charge is 2.28. The summed E-state index contributed by atoms with van der Waals surface area (Å²) in [6.07, 6.45) is 0. The van der Waals surface area contributed by atoms with Gasteiger partial charge in [-0.05, 0) is 29.2 Å². The maximum Gasteiger partial charge on any atom is 0.275 e. The van der Waals surface area contributed by atoms with Crippen LogP contribution in [-0.2, 0) is 10.2 Å². The van der Waals surface area contributed by atoms with E-state index >= 15 is 0 Å². The van der Waals surface area contributed by atoms with Crippen LogP contribution in [0.5, 0.6) is 0 Å². The van der Waals surface area contributed by atoms with Gasteiger partial charge in [-0.1, -0.05) is 32.9 Å². The van der Waals surface area contributed by atoms with Gasteiger partial charge >= 0.3 is 0 Å². The largest absolute Gasteiger partial charge is 0.320 e. The molecule has 1 aliphatic rings. The van der Waals surface area contributed by atoms with Crippen molar-refractivity contribution < 1.29 is 9.72 Å². The van der Waals surface area contributed by atoms with Crippen molar-refractivity contribution in [2.24, 2.45) is 4.99 Å². The van der Waals surface area contributed by atoms with Gasteiger partial charge in [0.05, 0.1) is 16.3 Å². The normalized spacial score (nSPS) is 15.3. The number of carbonyl (C=O) groups is 1. The molecule has 2 aromatic carbocycles. The third-order valence-electron chi connectivity index (χ3n) is 3.91. The van der Waals surface area contributed by atoms with Gasteiger partial charge in [0.2, 0.25) is 0 Å². The van der Waals surface area contributed by atoms with Gasteiger partial charge in [-0.3, -0.25) is 14.9 Å². The smallest absolute Gasteiger partial charge is 0.275 e. The lowest BCUT2D eigenvalue weighted by Crippen LogP contribution is -2.14. The van der Waals surface area contributed by atoms with Crippen LogP contribution in [0.1, 0.15) is 31.9 Å². The van der Waals surface area contributed by atoms with E-state index in [-0.39, 0.29) is 22.7 Å². The molecule has 0 unspecified atom stereocenters. The van der Waals surface area contributed by atoms with E-state index in [1.807, 2.05) is 24.3 Å². The lowest BCUT2D eigenvalue weighted by molar-refractivity contribution is -0.384. The minimum absolute atomic E-state index is 0.0314. The fraction of sp³-hybridized carbons (Fsp3) is 0.222. The topological polar surface area (TPSA) is 84.6 Å². The van der Waals surface area contributed by atoms with Gasteiger partial charge in [0, 0.05) is 17.7 Å². The Hall–Kier alpha value is -3.02. The fourth-order valence-corrected chi connectivity index (χ4v) is 2.53. The summed E-state index contributed by atoms with van der Waals surface area (Å²) in [5.41, 5.74) is 2.94. The molecule has 0 bridgehead atoms. The maximum absolute atomic E-state index is 12.1. The monoisotopic (exact) mass is 323 g/mol. The van der Waals surface area contributed by atoms with Gasteiger partial charge in [0.1, 0.15) is 5.71 Å². The van der Waals surface area contributed by atoms with Crippen molar-refractivity contribution in [1.29, 1.82) is 0 Å². The van der Waals surface area contributed by atoms with Crippen LogP contribution in [0.3, 0.4) is 0 Å². The van der Waals surface area contributed by atoms with Crippen molar-refractivity contribution in [1.82, 2.24) is 0 Å². The van der Waals surface area contributed by atoms with E-state index in [2.05, 4.69) is 31.1 Å². The van der Waals surface area contributed by atoms with Gasteiger partial charge in [0.25, 0.3) is 11.6 Å². The average molecular weight is 323 g/mol. The van der Waals surface area contributed by atoms with Crippen LogP contribution in [0.2, 0.25) is 0 Å². The molecule has 0 aromatic heterocycles. The first-order chi connectivity index (χ1) is 11.3. The quantitative estimate of drug-likeness (QED) is 0.670. The molecule has 0 saturated heterocycles. The molecular formula is C18H17N3O3. The van der Waals surface area contributed by atoms with Gasteiger partial charge < -0.3 is 5.32 Å². The highest BCUT2D eigenvalue weighted by molar-refractivity contribution is 6.54. The highest BCUT2D eigenvalue weighted by atomic mass is 16.6. The minimum Gasteiger partial charge on any atom is -0.320 e. The second-order valence-corrected chi connectivity index (χ2v) is 6.70. The van der Waals surface area contributed by atoms with E-state index in [4.69, 9.17) is 0 Å². The molecule has 0 atom stereocenters. The maximum atomic E-state index is 12.1. The molecular weight excluding hydrogens is 306 g/mol. The van der Waals surface area contributed by atoms with Crippen LogP contribution in [-0.4, -0.2) is 16.5 Å².